The number of hydrogen-bond donors (Lipinski definition) is 2. The summed E-state index contributed by atoms with van der Waals surface area (Å²) in [6, 6.07) is 12.8. The molecule has 0 bridgehead atoms. The second-order valence-corrected chi connectivity index (χ2v) is 7.38. The Morgan fingerprint density at radius 3 is 2.85 bits per heavy atom. The SMILES string of the molecule is CN1CC[C@H](c2[c]cc(O)c3c(=O)cc(-c4ccccc4Cl)oc23)[C@H](O)C1. The summed E-state index contributed by atoms with van der Waals surface area (Å²) in [5.74, 6) is -0.0923. The van der Waals surface area contributed by atoms with Gasteiger partial charge in [0.1, 0.15) is 22.5 Å². The van der Waals surface area contributed by atoms with Crippen LogP contribution in [0, 0.1) is 6.07 Å². The number of likely N-dealkylation sites (N-methyl/N-ethyl adjacent to an activating group) is 1. The maximum atomic E-state index is 12.7. The molecule has 139 valence electrons. The molecule has 0 unspecified atom stereocenters. The standard InChI is InChI=1S/C21H19ClNO4/c1-23-9-8-12(18(26)11-23)13-6-7-16(24)20-17(25)10-19(27-21(13)20)14-4-2-3-5-15(14)22/h2-5,7,10,12,18,24,26H,8-9,11H2,1H3/t12-,18-/m1/s1. The van der Waals surface area contributed by atoms with Crippen LogP contribution in [0.5, 0.6) is 5.75 Å². The van der Waals surface area contributed by atoms with Gasteiger partial charge in [-0.15, -0.1) is 0 Å². The van der Waals surface area contributed by atoms with Crippen LogP contribution < -0.4 is 5.43 Å². The molecule has 6 heteroatoms. The van der Waals surface area contributed by atoms with Gasteiger partial charge in [0, 0.05) is 29.7 Å². The van der Waals surface area contributed by atoms with E-state index in [1.807, 2.05) is 13.1 Å². The van der Waals surface area contributed by atoms with Crippen molar-refractivity contribution in [1.29, 1.82) is 0 Å². The van der Waals surface area contributed by atoms with E-state index < -0.39 is 6.10 Å². The Morgan fingerprint density at radius 1 is 1.33 bits per heavy atom. The number of hydrogen-bond acceptors (Lipinski definition) is 5. The largest absolute Gasteiger partial charge is 0.507 e. The second-order valence-electron chi connectivity index (χ2n) is 6.97. The number of rotatable bonds is 2. The quantitative estimate of drug-likeness (QED) is 0.708. The molecule has 0 saturated carbocycles. The Morgan fingerprint density at radius 2 is 2.11 bits per heavy atom. The van der Waals surface area contributed by atoms with Crippen molar-refractivity contribution in [3.63, 3.8) is 0 Å². The first-order valence-electron chi connectivity index (χ1n) is 8.78. The van der Waals surface area contributed by atoms with Crippen molar-refractivity contribution in [1.82, 2.24) is 4.90 Å². The molecule has 1 saturated heterocycles. The fourth-order valence-corrected chi connectivity index (χ4v) is 3.93. The molecular weight excluding hydrogens is 366 g/mol. The number of nitrogens with zero attached hydrogens (tertiary/aromatic N) is 1. The summed E-state index contributed by atoms with van der Waals surface area (Å²) in [6.07, 6.45) is 0.0932. The number of benzene rings is 2. The van der Waals surface area contributed by atoms with Gasteiger partial charge in [-0.1, -0.05) is 23.7 Å². The summed E-state index contributed by atoms with van der Waals surface area (Å²) in [6.45, 7) is 1.34. The number of β-amino-alcohol motifs (C(OH)–C–C–N with tert-alkyl or cyclic N) is 1. The summed E-state index contributed by atoms with van der Waals surface area (Å²) in [5.41, 5.74) is 1.10. The van der Waals surface area contributed by atoms with E-state index in [1.165, 1.54) is 12.1 Å². The topological polar surface area (TPSA) is 73.9 Å². The van der Waals surface area contributed by atoms with E-state index in [0.717, 1.165) is 6.54 Å². The van der Waals surface area contributed by atoms with Gasteiger partial charge in [0.2, 0.25) is 0 Å². The van der Waals surface area contributed by atoms with E-state index >= 15 is 0 Å². The van der Waals surface area contributed by atoms with Crippen molar-refractivity contribution in [2.45, 2.75) is 18.4 Å². The zero-order valence-corrected chi connectivity index (χ0v) is 15.5. The van der Waals surface area contributed by atoms with E-state index in [9.17, 15) is 15.0 Å². The molecular formula is C21H19ClNO4. The molecule has 5 nitrogen and oxygen atoms in total. The third-order valence-corrected chi connectivity index (χ3v) is 5.44. The molecule has 2 atom stereocenters. The van der Waals surface area contributed by atoms with Crippen LogP contribution in [0.4, 0.5) is 0 Å². The van der Waals surface area contributed by atoms with Gasteiger partial charge in [-0.25, -0.2) is 0 Å². The molecule has 3 aromatic rings. The fraction of sp³-hybridized carbons (Fsp3) is 0.286. The number of aromatic hydroxyl groups is 1. The highest BCUT2D eigenvalue weighted by atomic mass is 35.5. The highest BCUT2D eigenvalue weighted by Crippen LogP contribution is 2.37. The molecule has 0 amide bonds. The Bertz CT molecular complexity index is 1060. The van der Waals surface area contributed by atoms with Gasteiger partial charge < -0.3 is 19.5 Å². The number of halogens is 1. The lowest BCUT2D eigenvalue weighted by Gasteiger charge is -2.34. The highest BCUT2D eigenvalue weighted by Gasteiger charge is 2.30. The van der Waals surface area contributed by atoms with Crippen LogP contribution >= 0.6 is 11.6 Å². The lowest BCUT2D eigenvalue weighted by molar-refractivity contribution is 0.0638. The first kappa shape index (κ1) is 18.0. The van der Waals surface area contributed by atoms with E-state index in [4.69, 9.17) is 16.0 Å². The molecule has 1 fully saturated rings. The normalized spacial score (nSPS) is 20.9. The summed E-state index contributed by atoms with van der Waals surface area (Å²) in [5, 5.41) is 21.3. The average molecular weight is 385 g/mol. The summed E-state index contributed by atoms with van der Waals surface area (Å²) >= 11 is 6.26. The summed E-state index contributed by atoms with van der Waals surface area (Å²) < 4.78 is 6.05. The van der Waals surface area contributed by atoms with Gasteiger partial charge in [0.05, 0.1) is 11.1 Å². The minimum absolute atomic E-state index is 0.102. The molecule has 0 aliphatic carbocycles. The zero-order valence-electron chi connectivity index (χ0n) is 14.8. The smallest absolute Gasteiger partial charge is 0.197 e. The molecule has 1 radical (unpaired) electrons. The van der Waals surface area contributed by atoms with Crippen molar-refractivity contribution in [3.8, 4) is 17.1 Å². The number of aliphatic hydroxyl groups is 1. The number of phenols is 1. The molecule has 2 aromatic carbocycles. The molecule has 4 rings (SSSR count). The number of likely N-dealkylation sites (tertiary alicyclic amines) is 1. The Balaban J connectivity index is 1.94. The predicted molar refractivity (Wildman–Crippen MR) is 104 cm³/mol. The average Bonchev–Trinajstić information content (AvgIpc) is 2.63. The molecule has 0 spiro atoms. The van der Waals surface area contributed by atoms with Crippen molar-refractivity contribution in [2.24, 2.45) is 0 Å². The van der Waals surface area contributed by atoms with Crippen LogP contribution in [0.1, 0.15) is 17.9 Å². The lowest BCUT2D eigenvalue weighted by Crippen LogP contribution is -2.40. The van der Waals surface area contributed by atoms with Gasteiger partial charge in [-0.2, -0.15) is 0 Å². The minimum atomic E-state index is -0.609. The molecule has 1 aromatic heterocycles. The van der Waals surface area contributed by atoms with Crippen LogP contribution in [-0.2, 0) is 0 Å². The number of fused-ring (bicyclic) bond motifs is 1. The van der Waals surface area contributed by atoms with E-state index in [-0.39, 0.29) is 28.1 Å². The Hall–Kier alpha value is -2.34. The maximum Gasteiger partial charge on any atom is 0.197 e. The zero-order chi connectivity index (χ0) is 19.1. The van der Waals surface area contributed by atoms with Crippen molar-refractivity contribution in [3.05, 3.63) is 63.3 Å². The van der Waals surface area contributed by atoms with Gasteiger partial charge in [-0.05, 0) is 44.3 Å². The highest BCUT2D eigenvalue weighted by molar-refractivity contribution is 6.33. The van der Waals surface area contributed by atoms with Crippen molar-refractivity contribution in [2.75, 3.05) is 20.1 Å². The summed E-state index contributed by atoms with van der Waals surface area (Å²) in [7, 11) is 1.95. The van der Waals surface area contributed by atoms with Gasteiger partial charge in [0.15, 0.2) is 5.43 Å². The third-order valence-electron chi connectivity index (χ3n) is 5.11. The number of piperidine rings is 1. The van der Waals surface area contributed by atoms with Gasteiger partial charge in [0.25, 0.3) is 0 Å². The van der Waals surface area contributed by atoms with Gasteiger partial charge >= 0.3 is 0 Å². The molecule has 27 heavy (non-hydrogen) atoms. The Kier molecular flexibility index (Phi) is 4.68. The third kappa shape index (κ3) is 3.23. The van der Waals surface area contributed by atoms with E-state index in [0.29, 0.717) is 34.9 Å². The monoisotopic (exact) mass is 384 g/mol. The first-order chi connectivity index (χ1) is 13.0. The predicted octanol–water partition coefficient (Wildman–Crippen LogP) is 3.40. The van der Waals surface area contributed by atoms with Crippen LogP contribution in [0.15, 0.2) is 45.6 Å². The van der Waals surface area contributed by atoms with E-state index in [2.05, 4.69) is 11.0 Å². The second kappa shape index (κ2) is 7.00. The van der Waals surface area contributed by atoms with Crippen LogP contribution in [0.25, 0.3) is 22.3 Å². The lowest BCUT2D eigenvalue weighted by atomic mass is 9.86. The molecule has 2 heterocycles. The number of phenolic OH excluding ortho intramolecular Hbond substituents is 1. The van der Waals surface area contributed by atoms with Crippen molar-refractivity contribution >= 4 is 22.6 Å². The summed E-state index contributed by atoms with van der Waals surface area (Å²) in [4.78, 5) is 14.8. The van der Waals surface area contributed by atoms with Crippen LogP contribution in [0.3, 0.4) is 0 Å². The maximum absolute atomic E-state index is 12.7. The Labute approximate surface area is 161 Å². The minimum Gasteiger partial charge on any atom is -0.507 e. The molecule has 1 aliphatic rings. The molecule has 2 N–H and O–H groups in total. The number of aliphatic hydroxyl groups excluding tert-OH is 1. The van der Waals surface area contributed by atoms with Crippen LogP contribution in [-0.4, -0.2) is 41.4 Å². The van der Waals surface area contributed by atoms with Crippen molar-refractivity contribution < 1.29 is 14.6 Å². The fourth-order valence-electron chi connectivity index (χ4n) is 3.71. The van der Waals surface area contributed by atoms with Gasteiger partial charge in [-0.3, -0.25) is 4.79 Å². The van der Waals surface area contributed by atoms with Crippen LogP contribution in [0.2, 0.25) is 5.02 Å². The van der Waals surface area contributed by atoms with E-state index in [1.54, 1.807) is 18.2 Å². The first-order valence-corrected chi connectivity index (χ1v) is 9.16. The molecule has 1 aliphatic heterocycles.